The van der Waals surface area contributed by atoms with Gasteiger partial charge in [0.1, 0.15) is 17.1 Å². The number of benzene rings is 4. The zero-order chi connectivity index (χ0) is 29.1. The quantitative estimate of drug-likeness (QED) is 0.235. The van der Waals surface area contributed by atoms with E-state index >= 15 is 0 Å². The van der Waals surface area contributed by atoms with Crippen molar-refractivity contribution in [3.63, 3.8) is 0 Å². The van der Waals surface area contributed by atoms with Gasteiger partial charge in [-0.1, -0.05) is 35.3 Å². The molecule has 206 valence electrons. The molecule has 0 aromatic heterocycles. The lowest BCUT2D eigenvalue weighted by Crippen LogP contribution is -2.34. The van der Waals surface area contributed by atoms with Crippen LogP contribution in [0.15, 0.2) is 101 Å². The maximum atomic E-state index is 13.8. The van der Waals surface area contributed by atoms with Crippen LogP contribution in [0.25, 0.3) is 0 Å². The number of alkyl halides is 3. The number of sulfone groups is 1. The van der Waals surface area contributed by atoms with Crippen LogP contribution in [-0.2, 0) is 16.0 Å². The number of carbonyl (C=O) groups excluding carboxylic acids is 2. The fraction of sp³-hybridized carbons (Fsp3) is 0.0370. The van der Waals surface area contributed by atoms with Gasteiger partial charge in [0.2, 0.25) is 9.84 Å². The first-order valence-electron chi connectivity index (χ1n) is 11.2. The Morgan fingerprint density at radius 2 is 1.40 bits per heavy atom. The predicted octanol–water partition coefficient (Wildman–Crippen LogP) is 7.60. The van der Waals surface area contributed by atoms with Crippen LogP contribution in [0.5, 0.6) is 11.5 Å². The summed E-state index contributed by atoms with van der Waals surface area (Å²) in [4.78, 5) is 24.3. The van der Waals surface area contributed by atoms with Gasteiger partial charge in [-0.25, -0.2) is 13.2 Å². The Balaban J connectivity index is 1.51. The third-order valence-corrected chi connectivity index (χ3v) is 7.74. The maximum absolute atomic E-state index is 13.8. The molecule has 0 aliphatic rings. The van der Waals surface area contributed by atoms with Crippen molar-refractivity contribution in [2.75, 3.05) is 5.32 Å². The lowest BCUT2D eigenvalue weighted by Gasteiger charge is -2.16. The number of ether oxygens (including phenoxy) is 1. The van der Waals surface area contributed by atoms with Crippen molar-refractivity contribution >= 4 is 50.7 Å². The van der Waals surface area contributed by atoms with Crippen molar-refractivity contribution in [2.45, 2.75) is 16.0 Å². The summed E-state index contributed by atoms with van der Waals surface area (Å²) in [5, 5.41) is 4.60. The van der Waals surface area contributed by atoms with E-state index in [0.29, 0.717) is 11.1 Å². The summed E-state index contributed by atoms with van der Waals surface area (Å²) in [5.41, 5.74) is -1.49. The molecule has 4 aromatic rings. The monoisotopic (exact) mass is 608 g/mol. The minimum absolute atomic E-state index is 0.00558. The number of halogens is 5. The molecule has 0 spiro atoms. The predicted molar refractivity (Wildman–Crippen MR) is 143 cm³/mol. The summed E-state index contributed by atoms with van der Waals surface area (Å²) < 4.78 is 72.4. The van der Waals surface area contributed by atoms with E-state index in [1.165, 1.54) is 66.7 Å². The van der Waals surface area contributed by atoms with Gasteiger partial charge in [-0.15, -0.1) is 0 Å². The smallest absolute Gasteiger partial charge is 0.420 e. The Hall–Kier alpha value is -4.06. The zero-order valence-corrected chi connectivity index (χ0v) is 22.3. The number of rotatable bonds is 6. The third kappa shape index (κ3) is 6.74. The second-order valence-corrected chi connectivity index (χ2v) is 10.9. The summed E-state index contributed by atoms with van der Waals surface area (Å²) in [6, 6.07) is 17.9. The molecular weight excluding hydrogens is 592 g/mol. The van der Waals surface area contributed by atoms with E-state index < -0.39 is 39.3 Å². The van der Waals surface area contributed by atoms with Crippen molar-refractivity contribution in [1.29, 1.82) is 0 Å². The molecule has 2 N–H and O–H groups in total. The summed E-state index contributed by atoms with van der Waals surface area (Å²) in [7, 11) is -3.89. The summed E-state index contributed by atoms with van der Waals surface area (Å²) in [5.74, 6) is -1.51. The first kappa shape index (κ1) is 28.9. The van der Waals surface area contributed by atoms with Crippen LogP contribution in [-0.4, -0.2) is 20.4 Å². The molecule has 0 atom stereocenters. The number of carbonyl (C=O) groups is 2. The second-order valence-electron chi connectivity index (χ2n) is 8.13. The number of hydrogen-bond acceptors (Lipinski definition) is 5. The molecular formula is C27H17Cl2F3N2O5S. The number of nitrogens with one attached hydrogen (secondary N) is 2. The fourth-order valence-corrected chi connectivity index (χ4v) is 5.07. The number of amides is 3. The van der Waals surface area contributed by atoms with Crippen molar-refractivity contribution in [2.24, 2.45) is 0 Å². The summed E-state index contributed by atoms with van der Waals surface area (Å²) in [6.07, 6.45) is -4.88. The number of hydrogen-bond donors (Lipinski definition) is 2. The Morgan fingerprint density at radius 1 is 0.800 bits per heavy atom. The average molecular weight is 609 g/mol. The van der Waals surface area contributed by atoms with Crippen LogP contribution in [0, 0.1) is 0 Å². The molecule has 0 radical (unpaired) electrons. The molecule has 4 rings (SSSR count). The maximum Gasteiger partial charge on any atom is 0.420 e. The van der Waals surface area contributed by atoms with Gasteiger partial charge in [0, 0.05) is 10.7 Å². The molecule has 0 saturated carbocycles. The standard InChI is InChI=1S/C27H17Cl2F3N2O5S/c28-16-5-10-19(11-6-16)40(37,38)20-12-8-18(9-13-20)39-24-14-7-17(15-22(24)27(30,31)32)33-26(36)34-25(35)21-3-1-2-4-23(21)29/h1-15H,(H2,33,34,35,36). The number of imide groups is 1. The zero-order valence-electron chi connectivity index (χ0n) is 20.0. The van der Waals surface area contributed by atoms with Crippen LogP contribution in [0.2, 0.25) is 10.0 Å². The van der Waals surface area contributed by atoms with E-state index in [0.717, 1.165) is 12.1 Å². The highest BCUT2D eigenvalue weighted by Crippen LogP contribution is 2.40. The van der Waals surface area contributed by atoms with Crippen molar-refractivity contribution in [3.8, 4) is 11.5 Å². The summed E-state index contributed by atoms with van der Waals surface area (Å²) in [6.45, 7) is 0. The molecule has 40 heavy (non-hydrogen) atoms. The van der Waals surface area contributed by atoms with E-state index in [-0.39, 0.29) is 31.8 Å². The van der Waals surface area contributed by atoms with E-state index in [4.69, 9.17) is 27.9 Å². The van der Waals surface area contributed by atoms with Gasteiger partial charge in [0.25, 0.3) is 5.91 Å². The van der Waals surface area contributed by atoms with Crippen LogP contribution in [0.4, 0.5) is 23.7 Å². The molecule has 7 nitrogen and oxygen atoms in total. The molecule has 3 amide bonds. The molecule has 0 unspecified atom stereocenters. The minimum Gasteiger partial charge on any atom is -0.457 e. The largest absolute Gasteiger partial charge is 0.457 e. The highest BCUT2D eigenvalue weighted by Gasteiger charge is 2.35. The van der Waals surface area contributed by atoms with Crippen molar-refractivity contribution in [1.82, 2.24) is 5.32 Å². The first-order chi connectivity index (χ1) is 18.8. The van der Waals surface area contributed by atoms with Gasteiger partial charge in [-0.3, -0.25) is 10.1 Å². The molecule has 0 bridgehead atoms. The molecule has 0 heterocycles. The van der Waals surface area contributed by atoms with E-state index in [2.05, 4.69) is 5.32 Å². The van der Waals surface area contributed by atoms with E-state index in [1.807, 2.05) is 5.32 Å². The van der Waals surface area contributed by atoms with Gasteiger partial charge < -0.3 is 10.1 Å². The van der Waals surface area contributed by atoms with Crippen molar-refractivity contribution in [3.05, 3.63) is 112 Å². The van der Waals surface area contributed by atoms with E-state index in [1.54, 1.807) is 6.07 Å². The normalized spacial score (nSPS) is 11.5. The molecule has 0 aliphatic carbocycles. The molecule has 4 aromatic carbocycles. The van der Waals surface area contributed by atoms with Crippen molar-refractivity contribution < 1.29 is 35.9 Å². The lowest BCUT2D eigenvalue weighted by molar-refractivity contribution is -0.138. The highest BCUT2D eigenvalue weighted by atomic mass is 35.5. The minimum atomic E-state index is -4.88. The topological polar surface area (TPSA) is 102 Å². The van der Waals surface area contributed by atoms with Gasteiger partial charge >= 0.3 is 12.2 Å². The van der Waals surface area contributed by atoms with Crippen LogP contribution in [0.1, 0.15) is 15.9 Å². The van der Waals surface area contributed by atoms with Crippen LogP contribution in [0.3, 0.4) is 0 Å². The Bertz CT molecular complexity index is 1680. The average Bonchev–Trinajstić information content (AvgIpc) is 2.89. The molecule has 0 fully saturated rings. The third-order valence-electron chi connectivity index (χ3n) is 5.37. The highest BCUT2D eigenvalue weighted by molar-refractivity contribution is 7.91. The Morgan fingerprint density at radius 3 is 2.00 bits per heavy atom. The lowest BCUT2D eigenvalue weighted by atomic mass is 10.1. The molecule has 13 heteroatoms. The van der Waals surface area contributed by atoms with Crippen LogP contribution >= 0.6 is 23.2 Å². The van der Waals surface area contributed by atoms with Gasteiger partial charge in [-0.2, -0.15) is 13.2 Å². The summed E-state index contributed by atoms with van der Waals surface area (Å²) >= 11 is 11.7. The molecule has 0 saturated heterocycles. The second kappa shape index (κ2) is 11.6. The first-order valence-corrected chi connectivity index (χ1v) is 13.5. The van der Waals surface area contributed by atoms with Crippen LogP contribution < -0.4 is 15.4 Å². The van der Waals surface area contributed by atoms with Gasteiger partial charge in [0.15, 0.2) is 0 Å². The van der Waals surface area contributed by atoms with Gasteiger partial charge in [-0.05, 0) is 78.9 Å². The van der Waals surface area contributed by atoms with E-state index in [9.17, 15) is 31.2 Å². The number of urea groups is 1. The Kier molecular flexibility index (Phi) is 8.38. The fourth-order valence-electron chi connectivity index (χ4n) is 3.46. The molecule has 0 aliphatic heterocycles. The number of anilines is 1. The van der Waals surface area contributed by atoms with Gasteiger partial charge in [0.05, 0.1) is 20.4 Å². The SMILES string of the molecule is O=C(NC(=O)c1ccccc1Cl)Nc1ccc(Oc2ccc(S(=O)(=O)c3ccc(Cl)cc3)cc2)c(C(F)(F)F)c1. The Labute approximate surface area is 236 Å².